The number of halogens is 1. The number of pyridine rings is 1. The van der Waals surface area contributed by atoms with E-state index in [-0.39, 0.29) is 18.2 Å². The lowest BCUT2D eigenvalue weighted by Gasteiger charge is -2.26. The van der Waals surface area contributed by atoms with Gasteiger partial charge in [-0.1, -0.05) is 15.9 Å². The molecule has 2 heterocycles. The van der Waals surface area contributed by atoms with E-state index in [0.717, 1.165) is 4.47 Å². The lowest BCUT2D eigenvalue weighted by atomic mass is 10.2. The second kappa shape index (κ2) is 9.46. The van der Waals surface area contributed by atoms with Gasteiger partial charge in [-0.05, 0) is 30.3 Å². The fraction of sp³-hybridized carbons (Fsp3) is 0.333. The van der Waals surface area contributed by atoms with Gasteiger partial charge in [0.15, 0.2) is 0 Å². The van der Waals surface area contributed by atoms with E-state index >= 15 is 0 Å². The Labute approximate surface area is 172 Å². The molecule has 3 rings (SSSR count). The minimum absolute atomic E-state index is 0.0235. The molecule has 1 aliphatic heterocycles. The number of carbonyl (C=O) groups excluding carboxylic acids is 1. The SMILES string of the molecule is O=C(NCCS(=O)(=O)N1CCOCC1)c1ccc(Oc2ccc(Br)cc2)nc1. The number of sulfonamides is 1. The summed E-state index contributed by atoms with van der Waals surface area (Å²) in [4.78, 5) is 16.3. The highest BCUT2D eigenvalue weighted by atomic mass is 79.9. The van der Waals surface area contributed by atoms with Crippen LogP contribution in [-0.2, 0) is 14.8 Å². The number of hydrogen-bond donors (Lipinski definition) is 1. The van der Waals surface area contributed by atoms with Gasteiger partial charge < -0.3 is 14.8 Å². The van der Waals surface area contributed by atoms with Crippen LogP contribution in [0.3, 0.4) is 0 Å². The van der Waals surface area contributed by atoms with E-state index in [1.54, 1.807) is 24.3 Å². The van der Waals surface area contributed by atoms with Gasteiger partial charge in [0.2, 0.25) is 15.9 Å². The minimum Gasteiger partial charge on any atom is -0.439 e. The maximum absolute atomic E-state index is 12.2. The molecular weight excluding hydrogens is 450 g/mol. The number of rotatable bonds is 7. The zero-order chi connectivity index (χ0) is 20.0. The maximum atomic E-state index is 12.2. The largest absolute Gasteiger partial charge is 0.439 e. The molecule has 10 heteroatoms. The van der Waals surface area contributed by atoms with Crippen LogP contribution in [-0.4, -0.2) is 62.2 Å². The van der Waals surface area contributed by atoms with Gasteiger partial charge in [0.1, 0.15) is 5.75 Å². The van der Waals surface area contributed by atoms with Crippen LogP contribution in [0.15, 0.2) is 47.1 Å². The van der Waals surface area contributed by atoms with Gasteiger partial charge in [0.25, 0.3) is 5.91 Å². The first-order valence-electron chi connectivity index (χ1n) is 8.67. The summed E-state index contributed by atoms with van der Waals surface area (Å²) in [6, 6.07) is 10.4. The molecule has 1 fully saturated rings. The molecule has 2 aromatic rings. The van der Waals surface area contributed by atoms with E-state index in [1.165, 1.54) is 10.5 Å². The molecule has 1 aliphatic rings. The van der Waals surface area contributed by atoms with Crippen molar-refractivity contribution in [3.63, 3.8) is 0 Å². The fourth-order valence-electron chi connectivity index (χ4n) is 2.55. The van der Waals surface area contributed by atoms with E-state index in [2.05, 4.69) is 26.2 Å². The van der Waals surface area contributed by atoms with Gasteiger partial charge in [0.05, 0.1) is 24.5 Å². The summed E-state index contributed by atoms with van der Waals surface area (Å²) in [5, 5.41) is 2.61. The summed E-state index contributed by atoms with van der Waals surface area (Å²) in [6.45, 7) is 1.51. The molecular formula is C18H20BrN3O5S. The van der Waals surface area contributed by atoms with Crippen LogP contribution in [0.4, 0.5) is 0 Å². The van der Waals surface area contributed by atoms with Crippen molar-refractivity contribution in [2.75, 3.05) is 38.6 Å². The normalized spacial score (nSPS) is 15.2. The second-order valence-electron chi connectivity index (χ2n) is 6.02. The molecule has 1 aromatic heterocycles. The molecule has 8 nitrogen and oxygen atoms in total. The van der Waals surface area contributed by atoms with Crippen molar-refractivity contribution >= 4 is 31.9 Å². The lowest BCUT2D eigenvalue weighted by molar-refractivity contribution is 0.0730. The topological polar surface area (TPSA) is 97.8 Å². The van der Waals surface area contributed by atoms with Crippen molar-refractivity contribution in [3.8, 4) is 11.6 Å². The van der Waals surface area contributed by atoms with Crippen molar-refractivity contribution in [2.24, 2.45) is 0 Å². The summed E-state index contributed by atoms with van der Waals surface area (Å²) in [5.41, 5.74) is 0.326. The average Bonchev–Trinajstić information content (AvgIpc) is 2.71. The molecule has 1 aromatic carbocycles. The summed E-state index contributed by atoms with van der Waals surface area (Å²) >= 11 is 3.35. The predicted octanol–water partition coefficient (Wildman–Crippen LogP) is 2.03. The van der Waals surface area contributed by atoms with Crippen LogP contribution >= 0.6 is 15.9 Å². The van der Waals surface area contributed by atoms with Gasteiger partial charge in [0, 0.05) is 36.4 Å². The molecule has 0 unspecified atom stereocenters. The van der Waals surface area contributed by atoms with E-state index in [9.17, 15) is 13.2 Å². The fourth-order valence-corrected chi connectivity index (χ4v) is 4.14. The number of nitrogens with one attached hydrogen (secondary N) is 1. The summed E-state index contributed by atoms with van der Waals surface area (Å²) < 4.78 is 37.5. The van der Waals surface area contributed by atoms with Gasteiger partial charge in [-0.2, -0.15) is 4.31 Å². The standard InChI is InChI=1S/C18H20BrN3O5S/c19-15-2-4-16(5-3-15)27-17-6-1-14(13-21-17)18(23)20-7-12-28(24,25)22-8-10-26-11-9-22/h1-6,13H,7-12H2,(H,20,23). The Morgan fingerprint density at radius 1 is 1.18 bits per heavy atom. The first-order chi connectivity index (χ1) is 13.4. The first kappa shape index (κ1) is 20.7. The highest BCUT2D eigenvalue weighted by molar-refractivity contribution is 9.10. The van der Waals surface area contributed by atoms with Gasteiger partial charge in [-0.3, -0.25) is 4.79 Å². The van der Waals surface area contributed by atoms with Crippen molar-refractivity contribution in [1.82, 2.24) is 14.6 Å². The third kappa shape index (κ3) is 5.74. The monoisotopic (exact) mass is 469 g/mol. The summed E-state index contributed by atoms with van der Waals surface area (Å²) in [5.74, 6) is 0.437. The number of morpholine rings is 1. The van der Waals surface area contributed by atoms with Crippen LogP contribution in [0.2, 0.25) is 0 Å². The Bertz CT molecular complexity index is 898. The van der Waals surface area contributed by atoms with Crippen LogP contribution in [0, 0.1) is 0 Å². The predicted molar refractivity (Wildman–Crippen MR) is 107 cm³/mol. The van der Waals surface area contributed by atoms with Gasteiger partial charge in [-0.15, -0.1) is 0 Å². The van der Waals surface area contributed by atoms with Crippen LogP contribution in [0.25, 0.3) is 0 Å². The van der Waals surface area contributed by atoms with Crippen molar-refractivity contribution in [3.05, 3.63) is 52.6 Å². The Morgan fingerprint density at radius 3 is 2.54 bits per heavy atom. The molecule has 0 radical (unpaired) electrons. The molecule has 0 spiro atoms. The maximum Gasteiger partial charge on any atom is 0.252 e. The highest BCUT2D eigenvalue weighted by Gasteiger charge is 2.24. The van der Waals surface area contributed by atoms with Gasteiger partial charge >= 0.3 is 0 Å². The first-order valence-corrected chi connectivity index (χ1v) is 11.1. The highest BCUT2D eigenvalue weighted by Crippen LogP contribution is 2.21. The van der Waals surface area contributed by atoms with Crippen LogP contribution in [0.5, 0.6) is 11.6 Å². The number of ether oxygens (including phenoxy) is 2. The second-order valence-corrected chi connectivity index (χ2v) is 9.03. The number of benzene rings is 1. The zero-order valence-corrected chi connectivity index (χ0v) is 17.4. The molecule has 0 aliphatic carbocycles. The van der Waals surface area contributed by atoms with Crippen LogP contribution in [0.1, 0.15) is 10.4 Å². The molecule has 0 atom stereocenters. The molecule has 0 bridgehead atoms. The van der Waals surface area contributed by atoms with E-state index < -0.39 is 10.0 Å². The zero-order valence-electron chi connectivity index (χ0n) is 15.0. The van der Waals surface area contributed by atoms with E-state index in [1.807, 2.05) is 12.1 Å². The number of nitrogens with zero attached hydrogens (tertiary/aromatic N) is 2. The van der Waals surface area contributed by atoms with Crippen molar-refractivity contribution in [1.29, 1.82) is 0 Å². The quantitative estimate of drug-likeness (QED) is 0.665. The number of hydrogen-bond acceptors (Lipinski definition) is 6. The number of amides is 1. The van der Waals surface area contributed by atoms with Crippen molar-refractivity contribution in [2.45, 2.75) is 0 Å². The van der Waals surface area contributed by atoms with Gasteiger partial charge in [-0.25, -0.2) is 13.4 Å². The Kier molecular flexibility index (Phi) is 7.00. The number of aromatic nitrogens is 1. The lowest BCUT2D eigenvalue weighted by Crippen LogP contribution is -2.43. The molecule has 28 heavy (non-hydrogen) atoms. The minimum atomic E-state index is -3.41. The summed E-state index contributed by atoms with van der Waals surface area (Å²) in [6.07, 6.45) is 1.39. The van der Waals surface area contributed by atoms with E-state index in [0.29, 0.717) is 43.5 Å². The molecule has 1 amide bonds. The molecule has 1 saturated heterocycles. The third-order valence-electron chi connectivity index (χ3n) is 4.04. The summed E-state index contributed by atoms with van der Waals surface area (Å²) in [7, 11) is -3.41. The molecule has 1 N–H and O–H groups in total. The Hall–Kier alpha value is -2.01. The molecule has 0 saturated carbocycles. The average molecular weight is 470 g/mol. The Morgan fingerprint density at radius 2 is 1.89 bits per heavy atom. The third-order valence-corrected chi connectivity index (χ3v) is 6.44. The smallest absolute Gasteiger partial charge is 0.252 e. The Balaban J connectivity index is 1.49. The van der Waals surface area contributed by atoms with E-state index in [4.69, 9.17) is 9.47 Å². The van der Waals surface area contributed by atoms with Crippen molar-refractivity contribution < 1.29 is 22.7 Å². The molecule has 150 valence electrons. The van der Waals surface area contributed by atoms with Crippen LogP contribution < -0.4 is 10.1 Å². The number of carbonyl (C=O) groups is 1.